The number of pyridine rings is 1. The summed E-state index contributed by atoms with van der Waals surface area (Å²) in [4.78, 5) is 11.7. The summed E-state index contributed by atoms with van der Waals surface area (Å²) in [5, 5.41) is 15.3. The Balaban J connectivity index is 3.72. The second kappa shape index (κ2) is 4.30. The Morgan fingerprint density at radius 2 is 2.06 bits per heavy atom. The molecule has 0 atom stereocenters. The molecule has 1 heterocycles. The van der Waals surface area contributed by atoms with Crippen LogP contribution in [0.4, 0.5) is 14.5 Å². The molecular formula is C7H7F2N3O4S. The molecule has 0 aliphatic carbocycles. The van der Waals surface area contributed by atoms with Crippen LogP contribution in [0.1, 0.15) is 17.7 Å². The van der Waals surface area contributed by atoms with Crippen molar-refractivity contribution in [3.8, 4) is 0 Å². The lowest BCUT2D eigenvalue weighted by Crippen LogP contribution is -2.18. The number of primary sulfonamides is 1. The van der Waals surface area contributed by atoms with Crippen molar-refractivity contribution in [1.82, 2.24) is 4.98 Å². The summed E-state index contributed by atoms with van der Waals surface area (Å²) in [5.41, 5.74) is -2.23. The van der Waals surface area contributed by atoms with Crippen molar-refractivity contribution in [3.05, 3.63) is 27.6 Å². The van der Waals surface area contributed by atoms with Crippen LogP contribution in [-0.2, 0) is 10.0 Å². The van der Waals surface area contributed by atoms with E-state index in [-0.39, 0.29) is 0 Å². The first-order chi connectivity index (χ1) is 7.66. The fourth-order valence-corrected chi connectivity index (χ4v) is 2.26. The number of alkyl halides is 2. The van der Waals surface area contributed by atoms with E-state index in [1.165, 1.54) is 0 Å². The van der Waals surface area contributed by atoms with Crippen molar-refractivity contribution < 1.29 is 22.1 Å². The Hall–Kier alpha value is -1.68. The molecule has 0 bridgehead atoms. The average molecular weight is 267 g/mol. The smallest absolute Gasteiger partial charge is 0.258 e. The molecule has 1 rings (SSSR count). The summed E-state index contributed by atoms with van der Waals surface area (Å²) in [6.45, 7) is 1.02. The van der Waals surface area contributed by atoms with E-state index in [1.807, 2.05) is 0 Å². The fraction of sp³-hybridized carbons (Fsp3) is 0.286. The lowest BCUT2D eigenvalue weighted by atomic mass is 10.2. The minimum atomic E-state index is -4.51. The Bertz CT molecular complexity index is 573. The number of nitrogens with zero attached hydrogens (tertiary/aromatic N) is 2. The van der Waals surface area contributed by atoms with Crippen LogP contribution in [0.15, 0.2) is 11.1 Å². The zero-order valence-corrected chi connectivity index (χ0v) is 9.24. The van der Waals surface area contributed by atoms with Crippen LogP contribution in [0.3, 0.4) is 0 Å². The van der Waals surface area contributed by atoms with E-state index < -0.39 is 43.2 Å². The topological polar surface area (TPSA) is 116 Å². The van der Waals surface area contributed by atoms with Gasteiger partial charge in [-0.2, -0.15) is 0 Å². The third-order valence-electron chi connectivity index (χ3n) is 1.97. The summed E-state index contributed by atoms with van der Waals surface area (Å²) >= 11 is 0. The van der Waals surface area contributed by atoms with Gasteiger partial charge in [-0.25, -0.2) is 27.3 Å². The molecule has 7 nitrogen and oxygen atoms in total. The highest BCUT2D eigenvalue weighted by atomic mass is 32.2. The van der Waals surface area contributed by atoms with Gasteiger partial charge in [0, 0.05) is 0 Å². The second-order valence-corrected chi connectivity index (χ2v) is 4.58. The molecular weight excluding hydrogens is 260 g/mol. The number of nitro groups is 1. The van der Waals surface area contributed by atoms with Gasteiger partial charge in [0.25, 0.3) is 12.1 Å². The highest BCUT2D eigenvalue weighted by Crippen LogP contribution is 2.31. The quantitative estimate of drug-likeness (QED) is 0.644. The molecule has 2 N–H and O–H groups in total. The molecule has 17 heavy (non-hydrogen) atoms. The lowest BCUT2D eigenvalue weighted by molar-refractivity contribution is -0.386. The van der Waals surface area contributed by atoms with Gasteiger partial charge in [-0.15, -0.1) is 0 Å². The van der Waals surface area contributed by atoms with Crippen LogP contribution in [-0.4, -0.2) is 18.3 Å². The van der Waals surface area contributed by atoms with Crippen molar-refractivity contribution in [1.29, 1.82) is 0 Å². The predicted octanol–water partition coefficient (Wildman–Crippen LogP) is 0.883. The van der Waals surface area contributed by atoms with Gasteiger partial charge in [0.15, 0.2) is 0 Å². The molecule has 0 aromatic carbocycles. The number of sulfonamides is 1. The average Bonchev–Trinajstić information content (AvgIpc) is 2.14. The third-order valence-corrected chi connectivity index (χ3v) is 3.06. The van der Waals surface area contributed by atoms with E-state index in [4.69, 9.17) is 5.14 Å². The first kappa shape index (κ1) is 13.4. The summed E-state index contributed by atoms with van der Waals surface area (Å²) in [5.74, 6) is 0. The largest absolute Gasteiger partial charge is 0.291 e. The van der Waals surface area contributed by atoms with E-state index in [0.717, 1.165) is 6.92 Å². The summed E-state index contributed by atoms with van der Waals surface area (Å²) < 4.78 is 47.3. The number of hydrogen-bond acceptors (Lipinski definition) is 5. The van der Waals surface area contributed by atoms with Gasteiger partial charge in [0.1, 0.15) is 16.8 Å². The second-order valence-electron chi connectivity index (χ2n) is 3.09. The maximum atomic E-state index is 12.5. The number of halogens is 2. The van der Waals surface area contributed by atoms with Crippen molar-refractivity contribution in [3.63, 3.8) is 0 Å². The van der Waals surface area contributed by atoms with Crippen LogP contribution < -0.4 is 5.14 Å². The molecule has 94 valence electrons. The van der Waals surface area contributed by atoms with Crippen LogP contribution in [0.5, 0.6) is 0 Å². The summed E-state index contributed by atoms with van der Waals surface area (Å²) in [6, 6.07) is 0. The highest BCUT2D eigenvalue weighted by Gasteiger charge is 2.29. The zero-order valence-electron chi connectivity index (χ0n) is 8.42. The zero-order chi connectivity index (χ0) is 13.4. The van der Waals surface area contributed by atoms with Gasteiger partial charge in [-0.1, -0.05) is 0 Å². The normalized spacial score (nSPS) is 11.8. The van der Waals surface area contributed by atoms with E-state index in [1.54, 1.807) is 0 Å². The molecule has 0 aliphatic rings. The first-order valence-corrected chi connectivity index (χ1v) is 5.65. The van der Waals surface area contributed by atoms with Crippen LogP contribution in [0.2, 0.25) is 0 Å². The summed E-state index contributed by atoms with van der Waals surface area (Å²) in [6.07, 6.45) is -2.62. The molecule has 0 spiro atoms. The lowest BCUT2D eigenvalue weighted by Gasteiger charge is -2.08. The molecule has 1 aromatic heterocycles. The van der Waals surface area contributed by atoms with Crippen LogP contribution in [0, 0.1) is 17.0 Å². The van der Waals surface area contributed by atoms with Gasteiger partial charge in [0.2, 0.25) is 10.0 Å². The van der Waals surface area contributed by atoms with E-state index in [9.17, 15) is 27.3 Å². The highest BCUT2D eigenvalue weighted by molar-refractivity contribution is 7.89. The van der Waals surface area contributed by atoms with Crippen LogP contribution >= 0.6 is 0 Å². The minimum absolute atomic E-state index is 0.456. The number of nitrogens with two attached hydrogens (primary N) is 1. The molecule has 0 saturated carbocycles. The molecule has 0 unspecified atom stereocenters. The van der Waals surface area contributed by atoms with E-state index in [2.05, 4.69) is 4.98 Å². The SMILES string of the molecule is Cc1c([N+](=O)[O-])cnc(C(F)F)c1S(N)(=O)=O. The van der Waals surface area contributed by atoms with Crippen molar-refractivity contribution in [2.24, 2.45) is 5.14 Å². The molecule has 0 fully saturated rings. The van der Waals surface area contributed by atoms with Gasteiger partial charge in [0.05, 0.1) is 10.5 Å². The third kappa shape index (κ3) is 2.53. The standard InChI is InChI=1S/C7H7F2N3O4S/c1-3-4(12(13)14)2-11-5(7(8)9)6(3)17(10,15)16/h2,7H,1H3,(H2,10,15,16). The number of aromatic nitrogens is 1. The monoisotopic (exact) mass is 267 g/mol. The molecule has 0 amide bonds. The minimum Gasteiger partial charge on any atom is -0.258 e. The number of rotatable bonds is 3. The Labute approximate surface area is 94.5 Å². The molecule has 1 aromatic rings. The van der Waals surface area contributed by atoms with Gasteiger partial charge >= 0.3 is 0 Å². The Morgan fingerprint density at radius 1 is 1.53 bits per heavy atom. The van der Waals surface area contributed by atoms with Gasteiger partial charge in [-0.05, 0) is 6.92 Å². The maximum Gasteiger partial charge on any atom is 0.291 e. The van der Waals surface area contributed by atoms with Gasteiger partial charge in [-0.3, -0.25) is 10.1 Å². The van der Waals surface area contributed by atoms with Crippen molar-refractivity contribution in [2.45, 2.75) is 18.2 Å². The molecule has 0 saturated heterocycles. The first-order valence-electron chi connectivity index (χ1n) is 4.11. The molecule has 0 radical (unpaired) electrons. The van der Waals surface area contributed by atoms with Crippen molar-refractivity contribution in [2.75, 3.05) is 0 Å². The molecule has 10 heteroatoms. The van der Waals surface area contributed by atoms with Crippen molar-refractivity contribution >= 4 is 15.7 Å². The Morgan fingerprint density at radius 3 is 2.41 bits per heavy atom. The Kier molecular flexibility index (Phi) is 3.38. The fourth-order valence-electron chi connectivity index (χ4n) is 1.29. The van der Waals surface area contributed by atoms with Gasteiger partial charge < -0.3 is 0 Å². The van der Waals surface area contributed by atoms with Crippen LogP contribution in [0.25, 0.3) is 0 Å². The number of hydrogen-bond donors (Lipinski definition) is 1. The molecule has 0 aliphatic heterocycles. The maximum absolute atomic E-state index is 12.5. The van der Waals surface area contributed by atoms with E-state index in [0.29, 0.717) is 6.20 Å². The summed E-state index contributed by atoms with van der Waals surface area (Å²) in [7, 11) is -4.51. The predicted molar refractivity (Wildman–Crippen MR) is 52.0 cm³/mol. The van der Waals surface area contributed by atoms with E-state index >= 15 is 0 Å².